The van der Waals surface area contributed by atoms with E-state index in [1.165, 1.54) is 37.8 Å². The molecule has 4 N–H and O–H groups in total. The number of alkyl halides is 2. The fourth-order valence-corrected chi connectivity index (χ4v) is 1.87. The molecule has 102 valence electrons. The van der Waals surface area contributed by atoms with E-state index in [0.29, 0.717) is 6.04 Å². The van der Waals surface area contributed by atoms with Crippen molar-refractivity contribution in [3.63, 3.8) is 0 Å². The maximum absolute atomic E-state index is 12.9. The largest absolute Gasteiger partial charge is 0.328 e. The number of aryl methyl sites for hydroxylation is 1. The monoisotopic (exact) mass is 256 g/mol. The van der Waals surface area contributed by atoms with Crippen molar-refractivity contribution >= 4 is 0 Å². The van der Waals surface area contributed by atoms with Gasteiger partial charge in [0.1, 0.15) is 0 Å². The Morgan fingerprint density at radius 2 is 1.67 bits per heavy atom. The van der Waals surface area contributed by atoms with Crippen molar-refractivity contribution in [2.24, 2.45) is 11.5 Å². The summed E-state index contributed by atoms with van der Waals surface area (Å²) in [5.74, 6) is -2.90. The summed E-state index contributed by atoms with van der Waals surface area (Å²) in [5.41, 5.74) is 11.4. The van der Waals surface area contributed by atoms with E-state index >= 15 is 0 Å². The zero-order valence-electron chi connectivity index (χ0n) is 10.8. The van der Waals surface area contributed by atoms with Gasteiger partial charge in [-0.25, -0.2) is 0 Å². The lowest BCUT2D eigenvalue weighted by atomic mass is 10.1. The number of nitrogens with two attached hydrogens (primary N) is 2. The van der Waals surface area contributed by atoms with Crippen LogP contribution in [0, 0.1) is 6.92 Å². The molecule has 2 rings (SSSR count). The van der Waals surface area contributed by atoms with Crippen molar-refractivity contribution in [1.82, 2.24) is 0 Å². The second-order valence-electron chi connectivity index (χ2n) is 4.82. The number of benzene rings is 1. The lowest BCUT2D eigenvalue weighted by Gasteiger charge is -2.13. The lowest BCUT2D eigenvalue weighted by molar-refractivity contribution is 0.00594. The minimum atomic E-state index is -2.90. The van der Waals surface area contributed by atoms with E-state index in [-0.39, 0.29) is 5.56 Å². The van der Waals surface area contributed by atoms with Crippen molar-refractivity contribution in [2.75, 3.05) is 6.54 Å². The number of hydrogen-bond acceptors (Lipinski definition) is 2. The Labute approximate surface area is 107 Å². The third kappa shape index (κ3) is 4.70. The van der Waals surface area contributed by atoms with E-state index in [1.807, 2.05) is 6.92 Å². The molecule has 0 unspecified atom stereocenters. The first-order valence-electron chi connectivity index (χ1n) is 6.36. The second-order valence-corrected chi connectivity index (χ2v) is 4.82. The maximum atomic E-state index is 12.9. The van der Waals surface area contributed by atoms with Gasteiger partial charge in [0.05, 0.1) is 6.54 Å². The summed E-state index contributed by atoms with van der Waals surface area (Å²) in [6.45, 7) is 1.21. The first-order chi connectivity index (χ1) is 8.45. The fourth-order valence-electron chi connectivity index (χ4n) is 1.87. The first-order valence-corrected chi connectivity index (χ1v) is 6.36. The molecule has 4 heteroatoms. The topological polar surface area (TPSA) is 52.0 Å². The number of hydrogen-bond donors (Lipinski definition) is 2. The second kappa shape index (κ2) is 6.81. The molecule has 1 aliphatic rings. The molecule has 18 heavy (non-hydrogen) atoms. The molecule has 0 amide bonds. The highest BCUT2D eigenvalue weighted by molar-refractivity contribution is 5.25. The van der Waals surface area contributed by atoms with Gasteiger partial charge in [-0.05, 0) is 19.8 Å². The Morgan fingerprint density at radius 3 is 2.00 bits per heavy atom. The average molecular weight is 256 g/mol. The van der Waals surface area contributed by atoms with Gasteiger partial charge in [0.25, 0.3) is 5.92 Å². The van der Waals surface area contributed by atoms with E-state index in [2.05, 4.69) is 0 Å². The van der Waals surface area contributed by atoms with Crippen molar-refractivity contribution in [1.29, 1.82) is 0 Å². The van der Waals surface area contributed by atoms with E-state index in [0.717, 1.165) is 5.56 Å². The van der Waals surface area contributed by atoms with Gasteiger partial charge in [0.15, 0.2) is 0 Å². The van der Waals surface area contributed by atoms with Gasteiger partial charge in [-0.2, -0.15) is 8.78 Å². The average Bonchev–Trinajstić information content (AvgIpc) is 2.82. The Kier molecular flexibility index (Phi) is 5.69. The molecule has 1 aromatic carbocycles. The summed E-state index contributed by atoms with van der Waals surface area (Å²) < 4.78 is 25.8. The molecule has 0 bridgehead atoms. The van der Waals surface area contributed by atoms with Gasteiger partial charge in [-0.1, -0.05) is 42.7 Å². The molecule has 0 spiro atoms. The van der Waals surface area contributed by atoms with Crippen LogP contribution in [0.4, 0.5) is 8.78 Å². The van der Waals surface area contributed by atoms with Crippen LogP contribution in [0.15, 0.2) is 24.3 Å². The molecule has 1 aromatic rings. The van der Waals surface area contributed by atoms with Crippen LogP contribution in [0.1, 0.15) is 36.8 Å². The summed E-state index contributed by atoms with van der Waals surface area (Å²) in [5, 5.41) is 0. The Balaban J connectivity index is 0.000000225. The van der Waals surface area contributed by atoms with Gasteiger partial charge in [-0.3, -0.25) is 0 Å². The molecule has 1 saturated carbocycles. The van der Waals surface area contributed by atoms with Crippen molar-refractivity contribution in [3.8, 4) is 0 Å². The van der Waals surface area contributed by atoms with Gasteiger partial charge >= 0.3 is 0 Å². The highest BCUT2D eigenvalue weighted by Crippen LogP contribution is 2.26. The zero-order valence-corrected chi connectivity index (χ0v) is 10.8. The molecule has 2 nitrogen and oxygen atoms in total. The van der Waals surface area contributed by atoms with Crippen LogP contribution in [0.2, 0.25) is 0 Å². The molecular formula is C14H22F2N2. The minimum Gasteiger partial charge on any atom is -0.328 e. The van der Waals surface area contributed by atoms with Crippen LogP contribution in [0.5, 0.6) is 0 Å². The summed E-state index contributed by atoms with van der Waals surface area (Å²) in [4.78, 5) is 0. The fraction of sp³-hybridized carbons (Fsp3) is 0.571. The van der Waals surface area contributed by atoms with Crippen molar-refractivity contribution in [2.45, 2.75) is 44.6 Å². The molecule has 0 saturated heterocycles. The smallest absolute Gasteiger partial charge is 0.285 e. The standard InChI is InChI=1S/C9H11F2N.C5H11N/c1-7-2-4-8(5-3-7)9(10,11)6-12;6-5-3-1-2-4-5/h2-5H,6,12H2,1H3;5H,1-4,6H2. The van der Waals surface area contributed by atoms with E-state index in [9.17, 15) is 8.78 Å². The summed E-state index contributed by atoms with van der Waals surface area (Å²) in [7, 11) is 0. The van der Waals surface area contributed by atoms with Crippen LogP contribution in [0.25, 0.3) is 0 Å². The zero-order chi connectivity index (χ0) is 13.6. The maximum Gasteiger partial charge on any atom is 0.285 e. The highest BCUT2D eigenvalue weighted by atomic mass is 19.3. The van der Waals surface area contributed by atoms with Crippen LogP contribution >= 0.6 is 0 Å². The van der Waals surface area contributed by atoms with Crippen LogP contribution in [-0.4, -0.2) is 12.6 Å². The van der Waals surface area contributed by atoms with Crippen molar-refractivity contribution < 1.29 is 8.78 Å². The van der Waals surface area contributed by atoms with Gasteiger partial charge < -0.3 is 11.5 Å². The van der Waals surface area contributed by atoms with E-state index in [1.54, 1.807) is 12.1 Å². The molecule has 0 heterocycles. The molecule has 0 aliphatic heterocycles. The van der Waals surface area contributed by atoms with E-state index < -0.39 is 12.5 Å². The summed E-state index contributed by atoms with van der Waals surface area (Å²) in [6, 6.07) is 6.66. The highest BCUT2D eigenvalue weighted by Gasteiger charge is 2.28. The number of halogens is 2. The predicted molar refractivity (Wildman–Crippen MR) is 70.6 cm³/mol. The van der Waals surface area contributed by atoms with Gasteiger partial charge in [-0.15, -0.1) is 0 Å². The molecule has 1 aliphatic carbocycles. The SMILES string of the molecule is Cc1ccc(C(F)(F)CN)cc1.NC1CCCC1. The Bertz CT molecular complexity index is 343. The third-order valence-electron chi connectivity index (χ3n) is 3.13. The molecular weight excluding hydrogens is 234 g/mol. The van der Waals surface area contributed by atoms with Crippen LogP contribution in [0.3, 0.4) is 0 Å². The van der Waals surface area contributed by atoms with Crippen LogP contribution < -0.4 is 11.5 Å². The van der Waals surface area contributed by atoms with Gasteiger partial charge in [0.2, 0.25) is 0 Å². The van der Waals surface area contributed by atoms with E-state index in [4.69, 9.17) is 11.5 Å². The summed E-state index contributed by atoms with van der Waals surface area (Å²) in [6.07, 6.45) is 5.25. The lowest BCUT2D eigenvalue weighted by Crippen LogP contribution is -2.24. The van der Waals surface area contributed by atoms with Gasteiger partial charge in [0, 0.05) is 11.6 Å². The minimum absolute atomic E-state index is 0.0180. The Morgan fingerprint density at radius 1 is 1.17 bits per heavy atom. The molecule has 1 fully saturated rings. The number of rotatable bonds is 2. The third-order valence-corrected chi connectivity index (χ3v) is 3.13. The molecule has 0 aromatic heterocycles. The Hall–Kier alpha value is -1.00. The van der Waals surface area contributed by atoms with Crippen LogP contribution in [-0.2, 0) is 5.92 Å². The normalized spacial score (nSPS) is 16.3. The quantitative estimate of drug-likeness (QED) is 0.854. The predicted octanol–water partition coefficient (Wildman–Crippen LogP) is 2.93. The van der Waals surface area contributed by atoms with Crippen molar-refractivity contribution in [3.05, 3.63) is 35.4 Å². The first kappa shape index (κ1) is 15.1. The molecule has 0 atom stereocenters. The molecule has 0 radical (unpaired) electrons. The summed E-state index contributed by atoms with van der Waals surface area (Å²) >= 11 is 0.